The number of hydrogen-bond donors (Lipinski definition) is 2. The Morgan fingerprint density at radius 3 is 2.35 bits per heavy atom. The van der Waals surface area contributed by atoms with Crippen LogP contribution in [0.2, 0.25) is 0 Å². The average Bonchev–Trinajstić information content (AvgIpc) is 2.54. The molecular weight excluding hydrogens is 290 g/mol. The number of carbonyl (C=O) groups is 1. The fraction of sp³-hybridized carbons (Fsp3) is 0.667. The summed E-state index contributed by atoms with van der Waals surface area (Å²) in [4.78, 5) is 16.8. The molecule has 2 heterocycles. The molecule has 5 heteroatoms. The van der Waals surface area contributed by atoms with Crippen molar-refractivity contribution in [3.8, 4) is 0 Å². The number of hydrogen-bond acceptors (Lipinski definition) is 5. The SMILES string of the molecule is CCOC(=O)C1C(c2ccncc2)NC(C(C)C)NC1C(C)C. The highest BCUT2D eigenvalue weighted by Gasteiger charge is 2.44. The smallest absolute Gasteiger partial charge is 0.312 e. The first-order valence-electron chi connectivity index (χ1n) is 8.54. The summed E-state index contributed by atoms with van der Waals surface area (Å²) in [6.07, 6.45) is 3.71. The molecule has 0 saturated carbocycles. The average molecular weight is 319 g/mol. The maximum Gasteiger partial charge on any atom is 0.312 e. The van der Waals surface area contributed by atoms with E-state index >= 15 is 0 Å². The number of rotatable bonds is 5. The van der Waals surface area contributed by atoms with Gasteiger partial charge in [0.25, 0.3) is 0 Å². The Labute approximate surface area is 139 Å². The zero-order valence-electron chi connectivity index (χ0n) is 14.7. The van der Waals surface area contributed by atoms with E-state index in [0.29, 0.717) is 18.4 Å². The highest BCUT2D eigenvalue weighted by Crippen LogP contribution is 2.33. The van der Waals surface area contributed by atoms with Crippen LogP contribution in [0.5, 0.6) is 0 Å². The van der Waals surface area contributed by atoms with Gasteiger partial charge in [-0.1, -0.05) is 27.7 Å². The lowest BCUT2D eigenvalue weighted by molar-refractivity contribution is -0.153. The van der Waals surface area contributed by atoms with E-state index in [1.54, 1.807) is 12.4 Å². The number of esters is 1. The summed E-state index contributed by atoms with van der Waals surface area (Å²) < 4.78 is 5.37. The summed E-state index contributed by atoms with van der Waals surface area (Å²) >= 11 is 0. The van der Waals surface area contributed by atoms with Gasteiger partial charge in [-0.05, 0) is 36.5 Å². The second kappa shape index (κ2) is 7.88. The Hall–Kier alpha value is -1.46. The zero-order chi connectivity index (χ0) is 17.0. The highest BCUT2D eigenvalue weighted by atomic mass is 16.5. The first kappa shape index (κ1) is 17.9. The molecule has 0 spiro atoms. The molecule has 128 valence electrons. The van der Waals surface area contributed by atoms with E-state index in [-0.39, 0.29) is 30.1 Å². The van der Waals surface area contributed by atoms with Crippen molar-refractivity contribution in [1.29, 1.82) is 0 Å². The van der Waals surface area contributed by atoms with Gasteiger partial charge in [-0.2, -0.15) is 0 Å². The van der Waals surface area contributed by atoms with Crippen molar-refractivity contribution in [2.24, 2.45) is 17.8 Å². The van der Waals surface area contributed by atoms with E-state index in [1.165, 1.54) is 0 Å². The monoisotopic (exact) mass is 319 g/mol. The van der Waals surface area contributed by atoms with E-state index in [0.717, 1.165) is 5.56 Å². The first-order valence-corrected chi connectivity index (χ1v) is 8.54. The van der Waals surface area contributed by atoms with E-state index in [9.17, 15) is 4.79 Å². The Kier molecular flexibility index (Phi) is 6.13. The Morgan fingerprint density at radius 1 is 1.17 bits per heavy atom. The summed E-state index contributed by atoms with van der Waals surface area (Å²) in [5.74, 6) is 0.350. The fourth-order valence-electron chi connectivity index (χ4n) is 3.25. The maximum absolute atomic E-state index is 12.7. The van der Waals surface area contributed by atoms with Gasteiger partial charge in [0.1, 0.15) is 0 Å². The molecule has 1 saturated heterocycles. The van der Waals surface area contributed by atoms with Crippen LogP contribution in [0.15, 0.2) is 24.5 Å². The summed E-state index contributed by atoms with van der Waals surface area (Å²) in [6, 6.07) is 3.95. The largest absolute Gasteiger partial charge is 0.466 e. The van der Waals surface area contributed by atoms with Crippen molar-refractivity contribution in [3.05, 3.63) is 30.1 Å². The third-order valence-electron chi connectivity index (χ3n) is 4.49. The van der Waals surface area contributed by atoms with Crippen molar-refractivity contribution in [1.82, 2.24) is 15.6 Å². The maximum atomic E-state index is 12.7. The molecule has 4 atom stereocenters. The zero-order valence-corrected chi connectivity index (χ0v) is 14.7. The summed E-state index contributed by atoms with van der Waals surface area (Å²) in [5.41, 5.74) is 1.08. The molecule has 2 rings (SSSR count). The van der Waals surface area contributed by atoms with Crippen LogP contribution in [0.4, 0.5) is 0 Å². The lowest BCUT2D eigenvalue weighted by Gasteiger charge is -2.45. The second-order valence-electron chi connectivity index (χ2n) is 6.86. The third kappa shape index (κ3) is 4.09. The molecule has 0 aromatic carbocycles. The molecule has 1 aromatic heterocycles. The number of nitrogens with one attached hydrogen (secondary N) is 2. The van der Waals surface area contributed by atoms with Crippen LogP contribution >= 0.6 is 0 Å². The van der Waals surface area contributed by atoms with Gasteiger partial charge in [0.2, 0.25) is 0 Å². The van der Waals surface area contributed by atoms with E-state index in [2.05, 4.69) is 43.3 Å². The van der Waals surface area contributed by atoms with Gasteiger partial charge in [-0.25, -0.2) is 0 Å². The van der Waals surface area contributed by atoms with Crippen LogP contribution in [0, 0.1) is 17.8 Å². The molecule has 0 aliphatic carbocycles. The van der Waals surface area contributed by atoms with E-state index < -0.39 is 0 Å². The molecule has 2 N–H and O–H groups in total. The van der Waals surface area contributed by atoms with E-state index in [4.69, 9.17) is 4.74 Å². The second-order valence-corrected chi connectivity index (χ2v) is 6.86. The Morgan fingerprint density at radius 2 is 1.83 bits per heavy atom. The van der Waals surface area contributed by atoms with Crippen LogP contribution in [0.3, 0.4) is 0 Å². The first-order chi connectivity index (χ1) is 11.0. The molecule has 1 aliphatic heterocycles. The van der Waals surface area contributed by atoms with Gasteiger partial charge in [0.15, 0.2) is 0 Å². The van der Waals surface area contributed by atoms with Crippen LogP contribution in [0.25, 0.3) is 0 Å². The molecule has 0 amide bonds. The van der Waals surface area contributed by atoms with Crippen LogP contribution < -0.4 is 10.6 Å². The van der Waals surface area contributed by atoms with Crippen molar-refractivity contribution in [2.75, 3.05) is 6.61 Å². The van der Waals surface area contributed by atoms with E-state index in [1.807, 2.05) is 19.1 Å². The van der Waals surface area contributed by atoms with Crippen LogP contribution in [-0.2, 0) is 9.53 Å². The molecule has 1 aromatic rings. The molecule has 0 bridgehead atoms. The standard InChI is InChI=1S/C18H29N3O2/c1-6-23-18(22)14-15(11(2)3)20-17(12(4)5)21-16(14)13-7-9-19-10-8-13/h7-12,14-17,20-21H,6H2,1-5H3. The predicted molar refractivity (Wildman–Crippen MR) is 90.6 cm³/mol. The van der Waals surface area contributed by atoms with Gasteiger partial charge in [-0.3, -0.25) is 20.4 Å². The molecule has 0 radical (unpaired) electrons. The van der Waals surface area contributed by atoms with Gasteiger partial charge >= 0.3 is 5.97 Å². The quantitative estimate of drug-likeness (QED) is 0.817. The molecule has 4 unspecified atom stereocenters. The topological polar surface area (TPSA) is 63.2 Å². The predicted octanol–water partition coefficient (Wildman–Crippen LogP) is 2.50. The van der Waals surface area contributed by atoms with Gasteiger partial charge in [0, 0.05) is 24.5 Å². The number of aromatic nitrogens is 1. The number of carbonyl (C=O) groups excluding carboxylic acids is 1. The molecule has 5 nitrogen and oxygen atoms in total. The molecule has 1 aliphatic rings. The lowest BCUT2D eigenvalue weighted by Crippen LogP contribution is -2.64. The van der Waals surface area contributed by atoms with Crippen molar-refractivity contribution >= 4 is 5.97 Å². The lowest BCUT2D eigenvalue weighted by atomic mass is 9.79. The Bertz CT molecular complexity index is 504. The number of nitrogens with zero attached hydrogens (tertiary/aromatic N) is 1. The molecular formula is C18H29N3O2. The van der Waals surface area contributed by atoms with Gasteiger partial charge < -0.3 is 4.74 Å². The summed E-state index contributed by atoms with van der Waals surface area (Å²) in [6.45, 7) is 10.9. The highest BCUT2D eigenvalue weighted by molar-refractivity contribution is 5.75. The van der Waals surface area contributed by atoms with Crippen molar-refractivity contribution in [3.63, 3.8) is 0 Å². The summed E-state index contributed by atoms with van der Waals surface area (Å²) in [5, 5.41) is 7.22. The van der Waals surface area contributed by atoms with Gasteiger partial charge in [0.05, 0.1) is 18.7 Å². The minimum Gasteiger partial charge on any atom is -0.466 e. The van der Waals surface area contributed by atoms with Crippen molar-refractivity contribution < 1.29 is 9.53 Å². The molecule has 23 heavy (non-hydrogen) atoms. The van der Waals surface area contributed by atoms with Crippen LogP contribution in [-0.4, -0.2) is 29.8 Å². The fourth-order valence-corrected chi connectivity index (χ4v) is 3.25. The number of ether oxygens (including phenoxy) is 1. The summed E-state index contributed by atoms with van der Waals surface area (Å²) in [7, 11) is 0. The minimum absolute atomic E-state index is 0.0702. The third-order valence-corrected chi connectivity index (χ3v) is 4.49. The van der Waals surface area contributed by atoms with Crippen LogP contribution in [0.1, 0.15) is 46.2 Å². The normalized spacial score (nSPS) is 28.1. The van der Waals surface area contributed by atoms with Crippen molar-refractivity contribution in [2.45, 2.75) is 52.9 Å². The molecule has 1 fully saturated rings. The van der Waals surface area contributed by atoms with Gasteiger partial charge in [-0.15, -0.1) is 0 Å². The number of pyridine rings is 1. The Balaban J connectivity index is 2.39. The minimum atomic E-state index is -0.257.